The van der Waals surface area contributed by atoms with Gasteiger partial charge in [0.2, 0.25) is 5.13 Å². The van der Waals surface area contributed by atoms with Crippen LogP contribution in [0, 0.1) is 6.92 Å². The van der Waals surface area contributed by atoms with Crippen molar-refractivity contribution in [3.63, 3.8) is 0 Å². The van der Waals surface area contributed by atoms with E-state index in [0.29, 0.717) is 11.7 Å². The molecule has 18 heavy (non-hydrogen) atoms. The first-order chi connectivity index (χ1) is 8.65. The first kappa shape index (κ1) is 13.1. The van der Waals surface area contributed by atoms with Crippen molar-refractivity contribution in [2.24, 2.45) is 0 Å². The molecule has 0 aliphatic heterocycles. The average Bonchev–Trinajstić information content (AvgIpc) is 2.73. The number of aromatic nitrogens is 2. The van der Waals surface area contributed by atoms with Gasteiger partial charge in [0, 0.05) is 11.4 Å². The third kappa shape index (κ3) is 3.58. The number of nitrogen functional groups attached to an aromatic ring is 1. The molecule has 1 heterocycles. The number of hydrogen-bond acceptors (Lipinski definition) is 5. The predicted octanol–water partition coefficient (Wildman–Crippen LogP) is 3.09. The zero-order valence-electron chi connectivity index (χ0n) is 10.0. The van der Waals surface area contributed by atoms with Crippen LogP contribution in [-0.2, 0) is 6.42 Å². The molecule has 96 valence electrons. The molecular formula is C12H14ClN3OS. The number of nitrogens with two attached hydrogens (primary N) is 1. The highest BCUT2D eigenvalue weighted by molar-refractivity contribution is 7.15. The summed E-state index contributed by atoms with van der Waals surface area (Å²) >= 11 is 7.30. The van der Waals surface area contributed by atoms with Crippen LogP contribution in [0.5, 0.6) is 5.75 Å². The van der Waals surface area contributed by atoms with E-state index in [0.717, 1.165) is 34.2 Å². The Morgan fingerprint density at radius 2 is 2.22 bits per heavy atom. The SMILES string of the molecule is Cc1cc(Cl)ccc1OCCCc1nnc(N)s1. The van der Waals surface area contributed by atoms with Gasteiger partial charge in [-0.15, -0.1) is 10.2 Å². The first-order valence-electron chi connectivity index (χ1n) is 5.62. The Hall–Kier alpha value is -1.33. The van der Waals surface area contributed by atoms with Gasteiger partial charge in [-0.1, -0.05) is 22.9 Å². The summed E-state index contributed by atoms with van der Waals surface area (Å²) in [5.41, 5.74) is 6.55. The van der Waals surface area contributed by atoms with Crippen molar-refractivity contribution < 1.29 is 4.74 Å². The molecular weight excluding hydrogens is 270 g/mol. The highest BCUT2D eigenvalue weighted by atomic mass is 35.5. The number of halogens is 1. The summed E-state index contributed by atoms with van der Waals surface area (Å²) in [6.07, 6.45) is 1.72. The van der Waals surface area contributed by atoms with Crippen LogP contribution in [0.1, 0.15) is 17.0 Å². The maximum absolute atomic E-state index is 5.88. The highest BCUT2D eigenvalue weighted by Crippen LogP contribution is 2.22. The fourth-order valence-corrected chi connectivity index (χ4v) is 2.43. The molecule has 0 aliphatic carbocycles. The van der Waals surface area contributed by atoms with Gasteiger partial charge in [0.1, 0.15) is 10.8 Å². The maximum atomic E-state index is 5.88. The molecule has 0 spiro atoms. The number of benzene rings is 1. The van der Waals surface area contributed by atoms with E-state index in [-0.39, 0.29) is 0 Å². The average molecular weight is 284 g/mol. The molecule has 1 aromatic heterocycles. The van der Waals surface area contributed by atoms with Crippen LogP contribution < -0.4 is 10.5 Å². The summed E-state index contributed by atoms with van der Waals surface area (Å²) in [7, 11) is 0. The standard InChI is InChI=1S/C12H14ClN3OS/c1-8-7-9(13)4-5-10(8)17-6-2-3-11-15-16-12(14)18-11/h4-5,7H,2-3,6H2,1H3,(H2,14,16). The van der Waals surface area contributed by atoms with E-state index in [1.54, 1.807) is 0 Å². The van der Waals surface area contributed by atoms with Crippen LogP contribution in [0.4, 0.5) is 5.13 Å². The number of anilines is 1. The molecule has 0 atom stereocenters. The van der Waals surface area contributed by atoms with Crippen molar-refractivity contribution in [2.45, 2.75) is 19.8 Å². The van der Waals surface area contributed by atoms with Crippen LogP contribution in [0.2, 0.25) is 5.02 Å². The Balaban J connectivity index is 1.78. The van der Waals surface area contributed by atoms with Crippen LogP contribution in [0.25, 0.3) is 0 Å². The van der Waals surface area contributed by atoms with Gasteiger partial charge in [-0.25, -0.2) is 0 Å². The Morgan fingerprint density at radius 1 is 1.39 bits per heavy atom. The molecule has 0 aliphatic rings. The van der Waals surface area contributed by atoms with Crippen LogP contribution in [0.15, 0.2) is 18.2 Å². The van der Waals surface area contributed by atoms with E-state index >= 15 is 0 Å². The maximum Gasteiger partial charge on any atom is 0.203 e. The molecule has 2 rings (SSSR count). The van der Waals surface area contributed by atoms with Crippen molar-refractivity contribution in [3.05, 3.63) is 33.8 Å². The fraction of sp³-hybridized carbons (Fsp3) is 0.333. The molecule has 0 unspecified atom stereocenters. The van der Waals surface area contributed by atoms with Gasteiger partial charge >= 0.3 is 0 Å². The molecule has 6 heteroatoms. The smallest absolute Gasteiger partial charge is 0.203 e. The number of aryl methyl sites for hydroxylation is 2. The minimum atomic E-state index is 0.513. The summed E-state index contributed by atoms with van der Waals surface area (Å²) in [5.74, 6) is 0.871. The highest BCUT2D eigenvalue weighted by Gasteiger charge is 2.03. The predicted molar refractivity (Wildman–Crippen MR) is 74.3 cm³/mol. The van der Waals surface area contributed by atoms with Crippen LogP contribution in [0.3, 0.4) is 0 Å². The van der Waals surface area contributed by atoms with E-state index < -0.39 is 0 Å². The van der Waals surface area contributed by atoms with Crippen molar-refractivity contribution >= 4 is 28.1 Å². The van der Waals surface area contributed by atoms with Gasteiger partial charge < -0.3 is 10.5 Å². The number of nitrogens with zero attached hydrogens (tertiary/aromatic N) is 2. The summed E-state index contributed by atoms with van der Waals surface area (Å²) < 4.78 is 5.69. The monoisotopic (exact) mass is 283 g/mol. The molecule has 0 saturated heterocycles. The third-order valence-corrected chi connectivity index (χ3v) is 3.46. The number of ether oxygens (including phenoxy) is 1. The van der Waals surface area contributed by atoms with Crippen molar-refractivity contribution in [3.8, 4) is 5.75 Å². The molecule has 0 amide bonds. The minimum Gasteiger partial charge on any atom is -0.493 e. The first-order valence-corrected chi connectivity index (χ1v) is 6.81. The lowest BCUT2D eigenvalue weighted by atomic mass is 10.2. The largest absolute Gasteiger partial charge is 0.493 e. The lowest BCUT2D eigenvalue weighted by Crippen LogP contribution is -2.00. The lowest BCUT2D eigenvalue weighted by Gasteiger charge is -2.08. The number of rotatable bonds is 5. The van der Waals surface area contributed by atoms with Gasteiger partial charge in [-0.2, -0.15) is 0 Å². The van der Waals surface area contributed by atoms with E-state index in [1.165, 1.54) is 11.3 Å². The molecule has 0 saturated carbocycles. The van der Waals surface area contributed by atoms with Crippen molar-refractivity contribution in [1.29, 1.82) is 0 Å². The fourth-order valence-electron chi connectivity index (χ4n) is 1.55. The summed E-state index contributed by atoms with van der Waals surface area (Å²) in [6.45, 7) is 2.62. The van der Waals surface area contributed by atoms with Gasteiger partial charge in [0.05, 0.1) is 6.61 Å². The zero-order valence-corrected chi connectivity index (χ0v) is 11.6. The molecule has 2 N–H and O–H groups in total. The van der Waals surface area contributed by atoms with E-state index in [9.17, 15) is 0 Å². The van der Waals surface area contributed by atoms with Gasteiger partial charge in [-0.05, 0) is 37.1 Å². The van der Waals surface area contributed by atoms with Gasteiger partial charge in [-0.3, -0.25) is 0 Å². The van der Waals surface area contributed by atoms with Crippen LogP contribution >= 0.6 is 22.9 Å². The molecule has 4 nitrogen and oxygen atoms in total. The van der Waals surface area contributed by atoms with Crippen LogP contribution in [-0.4, -0.2) is 16.8 Å². The van der Waals surface area contributed by atoms with Gasteiger partial charge in [0.15, 0.2) is 0 Å². The quantitative estimate of drug-likeness (QED) is 0.857. The Morgan fingerprint density at radius 3 is 2.89 bits per heavy atom. The number of hydrogen-bond donors (Lipinski definition) is 1. The second-order valence-corrected chi connectivity index (χ2v) is 5.43. The molecule has 2 aromatic rings. The van der Waals surface area contributed by atoms with Gasteiger partial charge in [0.25, 0.3) is 0 Å². The minimum absolute atomic E-state index is 0.513. The summed E-state index contributed by atoms with van der Waals surface area (Å²) in [5, 5.41) is 9.92. The van der Waals surface area contributed by atoms with Crippen molar-refractivity contribution in [1.82, 2.24) is 10.2 Å². The summed E-state index contributed by atoms with van der Waals surface area (Å²) in [6, 6.07) is 5.61. The molecule has 0 radical (unpaired) electrons. The lowest BCUT2D eigenvalue weighted by molar-refractivity contribution is 0.309. The van der Waals surface area contributed by atoms with Crippen molar-refractivity contribution in [2.75, 3.05) is 12.3 Å². The zero-order chi connectivity index (χ0) is 13.0. The van der Waals surface area contributed by atoms with E-state index in [2.05, 4.69) is 10.2 Å². The summed E-state index contributed by atoms with van der Waals surface area (Å²) in [4.78, 5) is 0. The molecule has 0 bridgehead atoms. The Kier molecular flexibility index (Phi) is 4.38. The molecule has 1 aromatic carbocycles. The van der Waals surface area contributed by atoms with E-state index in [4.69, 9.17) is 22.1 Å². The molecule has 0 fully saturated rings. The normalized spacial score (nSPS) is 10.6. The van der Waals surface area contributed by atoms with E-state index in [1.807, 2.05) is 25.1 Å². The second-order valence-electron chi connectivity index (χ2n) is 3.90. The second kappa shape index (κ2) is 6.02. The topological polar surface area (TPSA) is 61.0 Å². The Bertz CT molecular complexity index is 530. The Labute approximate surface area is 115 Å². The third-order valence-electron chi connectivity index (χ3n) is 2.41.